The molecule has 0 radical (unpaired) electrons. The fraction of sp³-hybridized carbons (Fsp3) is 0.550. The minimum atomic E-state index is -0.305. The number of amides is 1. The van der Waals surface area contributed by atoms with Gasteiger partial charge in [0.1, 0.15) is 0 Å². The van der Waals surface area contributed by atoms with Gasteiger partial charge in [-0.25, -0.2) is 4.98 Å². The van der Waals surface area contributed by atoms with E-state index in [1.54, 1.807) is 0 Å². The number of pyridine rings is 1. The van der Waals surface area contributed by atoms with Crippen molar-refractivity contribution < 1.29 is 4.79 Å². The minimum absolute atomic E-state index is 0.263. The van der Waals surface area contributed by atoms with Crippen molar-refractivity contribution in [3.8, 4) is 0 Å². The Morgan fingerprint density at radius 3 is 2.65 bits per heavy atom. The lowest BCUT2D eigenvalue weighted by molar-refractivity contribution is -0.115. The quantitative estimate of drug-likeness (QED) is 0.719. The summed E-state index contributed by atoms with van der Waals surface area (Å²) in [6.45, 7) is 2.92. The van der Waals surface area contributed by atoms with Crippen LogP contribution in [0.25, 0.3) is 0 Å². The third kappa shape index (κ3) is 4.87. The zero-order chi connectivity index (χ0) is 18.4. The van der Waals surface area contributed by atoms with Crippen molar-refractivity contribution >= 4 is 17.7 Å². The molecular formula is C20H28N4OS. The second kappa shape index (κ2) is 9.21. The first-order valence-electron chi connectivity index (χ1n) is 9.55. The highest BCUT2D eigenvalue weighted by Gasteiger charge is 2.22. The monoisotopic (exact) mass is 372 g/mol. The third-order valence-corrected chi connectivity index (χ3v) is 6.09. The van der Waals surface area contributed by atoms with E-state index in [4.69, 9.17) is 10.7 Å². The van der Waals surface area contributed by atoms with Crippen molar-refractivity contribution in [2.45, 2.75) is 63.6 Å². The molecule has 0 aromatic carbocycles. The Balaban J connectivity index is 1.91. The van der Waals surface area contributed by atoms with E-state index < -0.39 is 0 Å². The van der Waals surface area contributed by atoms with Gasteiger partial charge in [-0.05, 0) is 36.5 Å². The van der Waals surface area contributed by atoms with Gasteiger partial charge in [-0.1, -0.05) is 50.8 Å². The fourth-order valence-corrected chi connectivity index (χ4v) is 4.54. The molecule has 0 spiro atoms. The lowest BCUT2D eigenvalue weighted by Gasteiger charge is -2.23. The maximum atomic E-state index is 11.3. The Hall–Kier alpha value is -1.82. The molecule has 0 saturated heterocycles. The first-order valence-corrected chi connectivity index (χ1v) is 10.5. The molecule has 3 rings (SSSR count). The van der Waals surface area contributed by atoms with Gasteiger partial charge in [0.2, 0.25) is 5.91 Å². The zero-order valence-electron chi connectivity index (χ0n) is 15.5. The molecular weight excluding hydrogens is 344 g/mol. The maximum absolute atomic E-state index is 11.3. The van der Waals surface area contributed by atoms with Gasteiger partial charge in [0, 0.05) is 24.6 Å². The van der Waals surface area contributed by atoms with Crippen molar-refractivity contribution in [3.63, 3.8) is 0 Å². The molecule has 0 bridgehead atoms. The Morgan fingerprint density at radius 1 is 1.27 bits per heavy atom. The van der Waals surface area contributed by atoms with Crippen LogP contribution >= 0.6 is 11.8 Å². The van der Waals surface area contributed by atoms with Crippen molar-refractivity contribution in [3.05, 3.63) is 41.5 Å². The SMILES string of the molecule is CCc1nc(SCC(N)=O)n(Cc2ccncc2)c1CC1CCCCC1. The number of hydrogen-bond acceptors (Lipinski definition) is 4. The van der Waals surface area contributed by atoms with Crippen LogP contribution in [0.1, 0.15) is 56.0 Å². The van der Waals surface area contributed by atoms with Crippen LogP contribution in [0.3, 0.4) is 0 Å². The highest BCUT2D eigenvalue weighted by molar-refractivity contribution is 7.99. The van der Waals surface area contributed by atoms with E-state index in [1.165, 1.54) is 55.1 Å². The molecule has 5 nitrogen and oxygen atoms in total. The van der Waals surface area contributed by atoms with Crippen molar-refractivity contribution in [1.82, 2.24) is 14.5 Å². The topological polar surface area (TPSA) is 73.8 Å². The summed E-state index contributed by atoms with van der Waals surface area (Å²) in [5, 5.41) is 0.906. The number of nitrogens with two attached hydrogens (primary N) is 1. The van der Waals surface area contributed by atoms with E-state index in [1.807, 2.05) is 24.5 Å². The second-order valence-electron chi connectivity index (χ2n) is 7.05. The number of primary amides is 1. The lowest BCUT2D eigenvalue weighted by Crippen LogP contribution is -2.16. The largest absolute Gasteiger partial charge is 0.369 e. The lowest BCUT2D eigenvalue weighted by atomic mass is 9.85. The Kier molecular flexibility index (Phi) is 6.72. The van der Waals surface area contributed by atoms with Crippen LogP contribution in [0.4, 0.5) is 0 Å². The molecule has 140 valence electrons. The molecule has 26 heavy (non-hydrogen) atoms. The molecule has 1 aliphatic carbocycles. The second-order valence-corrected chi connectivity index (χ2v) is 7.99. The Labute approximate surface area is 159 Å². The maximum Gasteiger partial charge on any atom is 0.227 e. The number of nitrogens with zero attached hydrogens (tertiary/aromatic N) is 3. The van der Waals surface area contributed by atoms with Gasteiger partial charge >= 0.3 is 0 Å². The highest BCUT2D eigenvalue weighted by atomic mass is 32.2. The normalized spacial score (nSPS) is 15.3. The van der Waals surface area contributed by atoms with E-state index >= 15 is 0 Å². The zero-order valence-corrected chi connectivity index (χ0v) is 16.3. The number of hydrogen-bond donors (Lipinski definition) is 1. The van der Waals surface area contributed by atoms with Gasteiger partial charge < -0.3 is 10.3 Å². The number of carbonyl (C=O) groups is 1. The average Bonchev–Trinajstić information content (AvgIpc) is 2.98. The first-order chi connectivity index (χ1) is 12.7. The van der Waals surface area contributed by atoms with Gasteiger partial charge in [-0.3, -0.25) is 9.78 Å². The van der Waals surface area contributed by atoms with Crippen LogP contribution in [-0.2, 0) is 24.2 Å². The molecule has 1 aliphatic rings. The van der Waals surface area contributed by atoms with Gasteiger partial charge in [-0.15, -0.1) is 0 Å². The van der Waals surface area contributed by atoms with Gasteiger partial charge in [0.05, 0.1) is 11.4 Å². The standard InChI is InChI=1S/C20H28N4OS/c1-2-17-18(12-15-6-4-3-5-7-15)24(13-16-8-10-22-11-9-16)20(23-17)26-14-19(21)25/h8-11,15H,2-7,12-14H2,1H3,(H2,21,25). The van der Waals surface area contributed by atoms with Crippen LogP contribution in [0.5, 0.6) is 0 Å². The third-order valence-electron chi connectivity index (χ3n) is 5.10. The molecule has 2 N–H and O–H groups in total. The summed E-state index contributed by atoms with van der Waals surface area (Å²) in [4.78, 5) is 20.3. The number of rotatable bonds is 8. The van der Waals surface area contributed by atoms with Crippen LogP contribution in [0.15, 0.2) is 29.7 Å². The molecule has 0 atom stereocenters. The molecule has 2 aromatic rings. The number of imidazole rings is 1. The number of aryl methyl sites for hydroxylation is 1. The van der Waals surface area contributed by atoms with Crippen molar-refractivity contribution in [1.29, 1.82) is 0 Å². The predicted octanol–water partition coefficient (Wildman–Crippen LogP) is 3.59. The van der Waals surface area contributed by atoms with E-state index in [-0.39, 0.29) is 11.7 Å². The van der Waals surface area contributed by atoms with Crippen LogP contribution in [-0.4, -0.2) is 26.2 Å². The number of carbonyl (C=O) groups excluding carboxylic acids is 1. The summed E-state index contributed by atoms with van der Waals surface area (Å²) in [7, 11) is 0. The number of aromatic nitrogens is 3. The summed E-state index contributed by atoms with van der Waals surface area (Å²) in [6, 6.07) is 4.08. The summed E-state index contributed by atoms with van der Waals surface area (Å²) in [5.74, 6) is 0.704. The molecule has 2 aromatic heterocycles. The molecule has 0 unspecified atom stereocenters. The van der Waals surface area contributed by atoms with Crippen LogP contribution in [0, 0.1) is 5.92 Å². The van der Waals surface area contributed by atoms with Crippen molar-refractivity contribution in [2.75, 3.05) is 5.75 Å². The fourth-order valence-electron chi connectivity index (χ4n) is 3.77. The molecule has 0 aliphatic heterocycles. The van der Waals surface area contributed by atoms with Crippen molar-refractivity contribution in [2.24, 2.45) is 11.7 Å². The summed E-state index contributed by atoms with van der Waals surface area (Å²) in [6.07, 6.45) is 12.3. The predicted molar refractivity (Wildman–Crippen MR) is 105 cm³/mol. The molecule has 6 heteroatoms. The minimum Gasteiger partial charge on any atom is -0.369 e. The van der Waals surface area contributed by atoms with E-state index in [2.05, 4.69) is 16.5 Å². The highest BCUT2D eigenvalue weighted by Crippen LogP contribution is 2.31. The Morgan fingerprint density at radius 2 is 2.00 bits per heavy atom. The van der Waals surface area contributed by atoms with E-state index in [9.17, 15) is 4.79 Å². The van der Waals surface area contributed by atoms with Crippen LogP contribution < -0.4 is 5.73 Å². The average molecular weight is 373 g/mol. The summed E-state index contributed by atoms with van der Waals surface area (Å²) in [5.41, 5.74) is 9.06. The van der Waals surface area contributed by atoms with E-state index in [0.717, 1.165) is 36.2 Å². The Bertz CT molecular complexity index is 723. The molecule has 1 amide bonds. The smallest absolute Gasteiger partial charge is 0.227 e. The van der Waals surface area contributed by atoms with E-state index in [0.29, 0.717) is 0 Å². The van der Waals surface area contributed by atoms with Gasteiger partial charge in [0.15, 0.2) is 5.16 Å². The summed E-state index contributed by atoms with van der Waals surface area (Å²) < 4.78 is 2.30. The van der Waals surface area contributed by atoms with Gasteiger partial charge in [0.25, 0.3) is 0 Å². The summed E-state index contributed by atoms with van der Waals surface area (Å²) >= 11 is 1.45. The molecule has 2 heterocycles. The molecule has 1 saturated carbocycles. The van der Waals surface area contributed by atoms with Gasteiger partial charge in [-0.2, -0.15) is 0 Å². The first kappa shape index (κ1) is 19.0. The van der Waals surface area contributed by atoms with Crippen LogP contribution in [0.2, 0.25) is 0 Å². The molecule has 1 fully saturated rings. The number of thioether (sulfide) groups is 1.